The molecule has 1 aliphatic rings. The first-order chi connectivity index (χ1) is 13.7. The molecule has 0 bridgehead atoms. The number of halogens is 4. The van der Waals surface area contributed by atoms with E-state index in [1.807, 2.05) is 0 Å². The summed E-state index contributed by atoms with van der Waals surface area (Å²) in [5, 5.41) is 3.17. The molecule has 0 radical (unpaired) electrons. The monoisotopic (exact) mass is 443 g/mol. The summed E-state index contributed by atoms with van der Waals surface area (Å²) in [6.45, 7) is 0.575. The molecule has 10 heteroatoms. The van der Waals surface area contributed by atoms with Crippen LogP contribution in [-0.4, -0.2) is 40.3 Å². The van der Waals surface area contributed by atoms with Gasteiger partial charge in [-0.3, -0.25) is 9.59 Å². The van der Waals surface area contributed by atoms with E-state index in [2.05, 4.69) is 10.3 Å². The number of nitrogens with zero attached hydrogens (tertiary/aromatic N) is 2. The molecule has 3 rings (SSSR count). The fourth-order valence-electron chi connectivity index (χ4n) is 3.05. The lowest BCUT2D eigenvalue weighted by Gasteiger charge is -2.31. The summed E-state index contributed by atoms with van der Waals surface area (Å²) in [4.78, 5) is 30.5. The van der Waals surface area contributed by atoms with Gasteiger partial charge in [0.05, 0.1) is 10.6 Å². The predicted octanol–water partition coefficient (Wildman–Crippen LogP) is 4.84. The van der Waals surface area contributed by atoms with Crippen molar-refractivity contribution in [1.82, 2.24) is 9.88 Å². The van der Waals surface area contributed by atoms with E-state index in [0.29, 0.717) is 23.7 Å². The second-order valence-electron chi connectivity index (χ2n) is 6.46. The van der Waals surface area contributed by atoms with Gasteiger partial charge >= 0.3 is 5.51 Å². The highest BCUT2D eigenvalue weighted by molar-refractivity contribution is 8.00. The number of thioether (sulfide) groups is 1. The first kappa shape index (κ1) is 21.4. The Hall–Kier alpha value is -2.26. The zero-order chi connectivity index (χ0) is 21.0. The Morgan fingerprint density at radius 2 is 1.83 bits per heavy atom. The molecule has 154 valence electrons. The lowest BCUT2D eigenvalue weighted by atomic mass is 9.95. The number of anilines is 1. The van der Waals surface area contributed by atoms with Crippen molar-refractivity contribution < 1.29 is 22.8 Å². The topological polar surface area (TPSA) is 62.3 Å². The van der Waals surface area contributed by atoms with Crippen molar-refractivity contribution in [3.05, 3.63) is 53.2 Å². The van der Waals surface area contributed by atoms with Gasteiger partial charge in [0.1, 0.15) is 5.82 Å². The smallest absolute Gasteiger partial charge is 0.339 e. The number of benzene rings is 1. The maximum absolute atomic E-state index is 12.7. The second kappa shape index (κ2) is 9.04. The Kier molecular flexibility index (Phi) is 6.69. The van der Waals surface area contributed by atoms with Crippen LogP contribution < -0.4 is 5.32 Å². The summed E-state index contributed by atoms with van der Waals surface area (Å²) in [6, 6.07) is 8.88. The minimum atomic E-state index is -4.48. The highest BCUT2D eigenvalue weighted by atomic mass is 35.5. The van der Waals surface area contributed by atoms with E-state index in [1.54, 1.807) is 12.1 Å². The molecule has 1 N–H and O–H groups in total. The fourth-order valence-corrected chi connectivity index (χ4v) is 3.82. The van der Waals surface area contributed by atoms with Crippen molar-refractivity contribution in [2.24, 2.45) is 5.92 Å². The Bertz CT molecular complexity index is 885. The Labute approximate surface area is 174 Å². The number of hydrogen-bond acceptors (Lipinski definition) is 4. The zero-order valence-corrected chi connectivity index (χ0v) is 16.7. The summed E-state index contributed by atoms with van der Waals surface area (Å²) >= 11 is 5.46. The fraction of sp³-hybridized carbons (Fsp3) is 0.316. The number of aromatic nitrogens is 1. The minimum absolute atomic E-state index is 0.0168. The van der Waals surface area contributed by atoms with Crippen LogP contribution in [0.3, 0.4) is 0 Å². The van der Waals surface area contributed by atoms with Crippen LogP contribution in [0.2, 0.25) is 5.02 Å². The largest absolute Gasteiger partial charge is 0.446 e. The lowest BCUT2D eigenvalue weighted by Crippen LogP contribution is -2.41. The first-order valence-corrected chi connectivity index (χ1v) is 9.99. The number of alkyl halides is 3. The van der Waals surface area contributed by atoms with E-state index in [-0.39, 0.29) is 47.1 Å². The molecule has 0 saturated carbocycles. The summed E-state index contributed by atoms with van der Waals surface area (Å²) in [5.41, 5.74) is -4.46. The SMILES string of the molecule is O=C(Nc1ccc(Cl)cn1)C1CCN(C(=O)c2ccccc2SC(F)(F)F)CC1. The van der Waals surface area contributed by atoms with Gasteiger partial charge in [-0.1, -0.05) is 23.7 Å². The summed E-state index contributed by atoms with van der Waals surface area (Å²) in [6.07, 6.45) is 2.26. The average Bonchev–Trinajstić information content (AvgIpc) is 2.68. The van der Waals surface area contributed by atoms with Crippen LogP contribution in [0.4, 0.5) is 19.0 Å². The summed E-state index contributed by atoms with van der Waals surface area (Å²) in [7, 11) is 0. The van der Waals surface area contributed by atoms with Gasteiger partial charge in [-0.25, -0.2) is 4.98 Å². The molecular weight excluding hydrogens is 427 g/mol. The quantitative estimate of drug-likeness (QED) is 0.687. The van der Waals surface area contributed by atoms with Gasteiger partial charge < -0.3 is 10.2 Å². The van der Waals surface area contributed by atoms with Gasteiger partial charge in [0.25, 0.3) is 5.91 Å². The van der Waals surface area contributed by atoms with Crippen molar-refractivity contribution in [2.75, 3.05) is 18.4 Å². The van der Waals surface area contributed by atoms with Gasteiger partial charge in [-0.15, -0.1) is 0 Å². The number of rotatable bonds is 4. The normalized spacial score (nSPS) is 15.2. The number of likely N-dealkylation sites (tertiary alicyclic amines) is 1. The molecule has 0 atom stereocenters. The van der Waals surface area contributed by atoms with Crippen molar-refractivity contribution in [3.63, 3.8) is 0 Å². The molecule has 2 heterocycles. The van der Waals surface area contributed by atoms with Crippen LogP contribution in [0, 0.1) is 5.92 Å². The number of pyridine rings is 1. The third kappa shape index (κ3) is 5.86. The number of piperidine rings is 1. The zero-order valence-electron chi connectivity index (χ0n) is 15.1. The predicted molar refractivity (Wildman–Crippen MR) is 105 cm³/mol. The lowest BCUT2D eigenvalue weighted by molar-refractivity contribution is -0.121. The molecule has 1 aliphatic heterocycles. The van der Waals surface area contributed by atoms with Gasteiger partial charge in [0.15, 0.2) is 0 Å². The average molecular weight is 444 g/mol. The standard InChI is InChI=1S/C19H17ClF3N3O2S/c20-13-5-6-16(24-11-13)25-17(27)12-7-9-26(10-8-12)18(28)14-3-1-2-4-15(14)29-19(21,22)23/h1-6,11-12H,7-10H2,(H,24,25,27). The maximum atomic E-state index is 12.7. The van der Waals surface area contributed by atoms with Gasteiger partial charge in [0.2, 0.25) is 5.91 Å². The van der Waals surface area contributed by atoms with Gasteiger partial charge in [-0.05, 0) is 48.9 Å². The van der Waals surface area contributed by atoms with E-state index in [1.165, 1.54) is 35.4 Å². The second-order valence-corrected chi connectivity index (χ2v) is 8.00. The molecule has 1 aromatic carbocycles. The van der Waals surface area contributed by atoms with Crippen molar-refractivity contribution >= 4 is 41.0 Å². The number of amides is 2. The van der Waals surface area contributed by atoms with E-state index < -0.39 is 11.4 Å². The minimum Gasteiger partial charge on any atom is -0.339 e. The molecule has 1 fully saturated rings. The first-order valence-electron chi connectivity index (χ1n) is 8.79. The number of nitrogens with one attached hydrogen (secondary N) is 1. The Balaban J connectivity index is 1.60. The molecule has 5 nitrogen and oxygen atoms in total. The molecule has 2 amide bonds. The summed E-state index contributed by atoms with van der Waals surface area (Å²) < 4.78 is 38.2. The van der Waals surface area contributed by atoms with E-state index >= 15 is 0 Å². The van der Waals surface area contributed by atoms with Gasteiger partial charge in [0, 0.05) is 30.1 Å². The van der Waals surface area contributed by atoms with Crippen LogP contribution in [-0.2, 0) is 4.79 Å². The maximum Gasteiger partial charge on any atom is 0.446 e. The highest BCUT2D eigenvalue weighted by Gasteiger charge is 2.33. The molecule has 29 heavy (non-hydrogen) atoms. The molecule has 0 spiro atoms. The third-order valence-electron chi connectivity index (χ3n) is 4.47. The van der Waals surface area contributed by atoms with E-state index in [9.17, 15) is 22.8 Å². The van der Waals surface area contributed by atoms with Crippen LogP contribution in [0.5, 0.6) is 0 Å². The van der Waals surface area contributed by atoms with E-state index in [0.717, 1.165) is 0 Å². The Morgan fingerprint density at radius 3 is 2.45 bits per heavy atom. The van der Waals surface area contributed by atoms with Gasteiger partial charge in [-0.2, -0.15) is 13.2 Å². The van der Waals surface area contributed by atoms with Crippen molar-refractivity contribution in [2.45, 2.75) is 23.2 Å². The van der Waals surface area contributed by atoms with Crippen LogP contribution in [0.25, 0.3) is 0 Å². The number of carbonyl (C=O) groups excluding carboxylic acids is 2. The summed E-state index contributed by atoms with van der Waals surface area (Å²) in [5.74, 6) is -0.595. The molecular formula is C19H17ClF3N3O2S. The Morgan fingerprint density at radius 1 is 1.14 bits per heavy atom. The molecule has 1 saturated heterocycles. The third-order valence-corrected chi connectivity index (χ3v) is 5.51. The molecule has 1 aromatic heterocycles. The van der Waals surface area contributed by atoms with Crippen molar-refractivity contribution in [1.29, 1.82) is 0 Å². The number of hydrogen-bond donors (Lipinski definition) is 1. The van der Waals surface area contributed by atoms with E-state index in [4.69, 9.17) is 11.6 Å². The molecule has 2 aromatic rings. The highest BCUT2D eigenvalue weighted by Crippen LogP contribution is 2.39. The van der Waals surface area contributed by atoms with Crippen LogP contribution in [0.15, 0.2) is 47.5 Å². The van der Waals surface area contributed by atoms with Crippen LogP contribution in [0.1, 0.15) is 23.2 Å². The number of carbonyl (C=O) groups is 2. The van der Waals surface area contributed by atoms with Crippen molar-refractivity contribution in [3.8, 4) is 0 Å². The molecule has 0 aliphatic carbocycles. The van der Waals surface area contributed by atoms with Crippen LogP contribution >= 0.6 is 23.4 Å². The molecule has 0 unspecified atom stereocenters.